The van der Waals surface area contributed by atoms with Crippen LogP contribution in [0.3, 0.4) is 0 Å². The van der Waals surface area contributed by atoms with Crippen LogP contribution in [0.4, 0.5) is 0 Å². The zero-order valence-electron chi connectivity index (χ0n) is 16.3. The summed E-state index contributed by atoms with van der Waals surface area (Å²) < 4.78 is 0. The Morgan fingerprint density at radius 1 is 0.833 bits per heavy atom. The Labute approximate surface area is 151 Å². The fourth-order valence-electron chi connectivity index (χ4n) is 6.47. The van der Waals surface area contributed by atoms with Crippen molar-refractivity contribution >= 4 is 0 Å². The third kappa shape index (κ3) is 4.77. The third-order valence-corrected chi connectivity index (χ3v) is 8.21. The number of aliphatic hydroxyl groups is 1. The van der Waals surface area contributed by atoms with E-state index in [4.69, 9.17) is 0 Å². The number of hydrogen-bond acceptors (Lipinski definition) is 1. The van der Waals surface area contributed by atoms with Crippen LogP contribution in [0.5, 0.6) is 0 Å². The Kier molecular flexibility index (Phi) is 7.07. The highest BCUT2D eigenvalue weighted by molar-refractivity contribution is 4.92. The van der Waals surface area contributed by atoms with Crippen LogP contribution in [0.2, 0.25) is 0 Å². The Hall–Kier alpha value is -0.0400. The number of aliphatic hydroxyl groups excluding tert-OH is 1. The lowest BCUT2D eigenvalue weighted by molar-refractivity contribution is 0.00208. The van der Waals surface area contributed by atoms with Crippen LogP contribution in [0, 0.1) is 23.2 Å². The summed E-state index contributed by atoms with van der Waals surface area (Å²) in [6.07, 6.45) is 24.0. The average molecular weight is 335 g/mol. The lowest BCUT2D eigenvalue weighted by Crippen LogP contribution is -2.37. The average Bonchev–Trinajstić information content (AvgIpc) is 2.65. The topological polar surface area (TPSA) is 20.2 Å². The quantitative estimate of drug-likeness (QED) is 0.561. The first-order valence-corrected chi connectivity index (χ1v) is 11.4. The molecule has 0 aromatic carbocycles. The van der Waals surface area contributed by atoms with Crippen molar-refractivity contribution in [2.75, 3.05) is 0 Å². The van der Waals surface area contributed by atoms with Crippen molar-refractivity contribution in [3.63, 3.8) is 0 Å². The summed E-state index contributed by atoms with van der Waals surface area (Å²) in [5, 5.41) is 10.0. The van der Waals surface area contributed by atoms with Crippen molar-refractivity contribution in [3.8, 4) is 0 Å². The Bertz CT molecular complexity index is 343. The highest BCUT2D eigenvalue weighted by Gasteiger charge is 2.41. The molecule has 3 aliphatic rings. The molecule has 3 aliphatic carbocycles. The molecule has 3 fully saturated rings. The van der Waals surface area contributed by atoms with Gasteiger partial charge in [-0.15, -0.1) is 0 Å². The van der Waals surface area contributed by atoms with Gasteiger partial charge in [-0.25, -0.2) is 0 Å². The van der Waals surface area contributed by atoms with Gasteiger partial charge in [0.1, 0.15) is 0 Å². The molecule has 3 saturated carbocycles. The van der Waals surface area contributed by atoms with E-state index in [2.05, 4.69) is 6.92 Å². The van der Waals surface area contributed by atoms with Gasteiger partial charge in [0.05, 0.1) is 6.10 Å². The molecule has 3 rings (SSSR count). The van der Waals surface area contributed by atoms with E-state index in [1.54, 1.807) is 0 Å². The summed E-state index contributed by atoms with van der Waals surface area (Å²) in [5.74, 6) is 2.95. The van der Waals surface area contributed by atoms with Crippen LogP contribution >= 0.6 is 0 Å². The van der Waals surface area contributed by atoms with Gasteiger partial charge in [-0.2, -0.15) is 0 Å². The van der Waals surface area contributed by atoms with Gasteiger partial charge in [0, 0.05) is 0 Å². The van der Waals surface area contributed by atoms with Crippen molar-refractivity contribution < 1.29 is 5.11 Å². The molecule has 24 heavy (non-hydrogen) atoms. The van der Waals surface area contributed by atoms with E-state index < -0.39 is 0 Å². The van der Waals surface area contributed by atoms with Crippen LogP contribution in [0.25, 0.3) is 0 Å². The zero-order valence-corrected chi connectivity index (χ0v) is 16.3. The molecule has 0 aromatic rings. The van der Waals surface area contributed by atoms with E-state index in [9.17, 15) is 5.11 Å². The van der Waals surface area contributed by atoms with E-state index >= 15 is 0 Å². The molecule has 1 nitrogen and oxygen atoms in total. The monoisotopic (exact) mass is 334 g/mol. The second-order valence-electron chi connectivity index (χ2n) is 9.70. The highest BCUT2D eigenvalue weighted by Crippen LogP contribution is 2.51. The summed E-state index contributed by atoms with van der Waals surface area (Å²) >= 11 is 0. The smallest absolute Gasteiger partial charge is 0.0540 e. The predicted octanol–water partition coefficient (Wildman–Crippen LogP) is 6.87. The number of hydrogen-bond donors (Lipinski definition) is 1. The standard InChI is InChI=1S/C23H42O/c1-19(20-10-4-2-5-11-20)9-8-16-23(17-14-22(24)15-18-23)21-12-6-3-7-13-21/h19-22,24H,2-18H2,1H3/t19?,22-,23+. The maximum Gasteiger partial charge on any atom is 0.0540 e. The largest absolute Gasteiger partial charge is 0.393 e. The van der Waals surface area contributed by atoms with Gasteiger partial charge in [-0.3, -0.25) is 0 Å². The van der Waals surface area contributed by atoms with Crippen LogP contribution in [0.15, 0.2) is 0 Å². The Morgan fingerprint density at radius 3 is 2.04 bits per heavy atom. The molecule has 0 spiro atoms. The second kappa shape index (κ2) is 9.06. The van der Waals surface area contributed by atoms with Gasteiger partial charge in [0.25, 0.3) is 0 Å². The molecular formula is C23H42O. The summed E-state index contributed by atoms with van der Waals surface area (Å²) in [5.41, 5.74) is 0.603. The molecule has 1 heteroatoms. The summed E-state index contributed by atoms with van der Waals surface area (Å²) in [4.78, 5) is 0. The maximum absolute atomic E-state index is 10.0. The molecule has 0 radical (unpaired) electrons. The van der Waals surface area contributed by atoms with Gasteiger partial charge in [-0.1, -0.05) is 71.1 Å². The molecule has 0 bridgehead atoms. The molecule has 1 N–H and O–H groups in total. The highest BCUT2D eigenvalue weighted by atomic mass is 16.3. The molecule has 0 heterocycles. The first-order chi connectivity index (χ1) is 11.7. The van der Waals surface area contributed by atoms with E-state index in [-0.39, 0.29) is 6.10 Å². The van der Waals surface area contributed by atoms with Crippen LogP contribution in [-0.4, -0.2) is 11.2 Å². The van der Waals surface area contributed by atoms with E-state index in [0.717, 1.165) is 30.6 Å². The van der Waals surface area contributed by atoms with Crippen molar-refractivity contribution in [2.24, 2.45) is 23.2 Å². The minimum atomic E-state index is 0.00266. The normalized spacial score (nSPS) is 35.0. The van der Waals surface area contributed by atoms with Crippen molar-refractivity contribution in [1.82, 2.24) is 0 Å². The fourth-order valence-corrected chi connectivity index (χ4v) is 6.47. The lowest BCUT2D eigenvalue weighted by atomic mass is 9.59. The number of rotatable bonds is 6. The molecule has 0 aliphatic heterocycles. The maximum atomic E-state index is 10.0. The van der Waals surface area contributed by atoms with Crippen molar-refractivity contribution in [1.29, 1.82) is 0 Å². The first kappa shape index (κ1) is 18.7. The van der Waals surface area contributed by atoms with Crippen LogP contribution in [0.1, 0.15) is 116 Å². The van der Waals surface area contributed by atoms with Gasteiger partial charge < -0.3 is 5.11 Å². The SMILES string of the molecule is CC(CCC[C@]1(C2CCCCC2)CC[C@@H](O)CC1)C1CCCCC1. The van der Waals surface area contributed by atoms with Crippen molar-refractivity contribution in [2.45, 2.75) is 122 Å². The summed E-state index contributed by atoms with van der Waals surface area (Å²) in [6, 6.07) is 0. The van der Waals surface area contributed by atoms with Gasteiger partial charge in [0.15, 0.2) is 0 Å². The van der Waals surface area contributed by atoms with Gasteiger partial charge in [0.2, 0.25) is 0 Å². The third-order valence-electron chi connectivity index (χ3n) is 8.21. The minimum absolute atomic E-state index is 0.00266. The molecule has 0 amide bonds. The fraction of sp³-hybridized carbons (Fsp3) is 1.00. The van der Waals surface area contributed by atoms with E-state index in [1.165, 1.54) is 96.3 Å². The minimum Gasteiger partial charge on any atom is -0.393 e. The van der Waals surface area contributed by atoms with E-state index in [0.29, 0.717) is 5.41 Å². The van der Waals surface area contributed by atoms with Crippen LogP contribution in [-0.2, 0) is 0 Å². The Morgan fingerprint density at radius 2 is 1.42 bits per heavy atom. The molecule has 1 unspecified atom stereocenters. The molecule has 140 valence electrons. The van der Waals surface area contributed by atoms with Gasteiger partial charge >= 0.3 is 0 Å². The zero-order chi connectivity index (χ0) is 16.8. The second-order valence-corrected chi connectivity index (χ2v) is 9.70. The lowest BCUT2D eigenvalue weighted by Gasteiger charge is -2.47. The summed E-state index contributed by atoms with van der Waals surface area (Å²) in [6.45, 7) is 2.54. The van der Waals surface area contributed by atoms with Crippen LogP contribution < -0.4 is 0 Å². The van der Waals surface area contributed by atoms with Gasteiger partial charge in [-0.05, 0) is 68.1 Å². The molecule has 0 aromatic heterocycles. The first-order valence-electron chi connectivity index (χ1n) is 11.4. The molecule has 0 saturated heterocycles. The molecule has 1 atom stereocenters. The molecular weight excluding hydrogens is 292 g/mol. The Balaban J connectivity index is 1.51. The summed E-state index contributed by atoms with van der Waals surface area (Å²) in [7, 11) is 0. The predicted molar refractivity (Wildman–Crippen MR) is 103 cm³/mol. The van der Waals surface area contributed by atoms with Crippen molar-refractivity contribution in [3.05, 3.63) is 0 Å². The van der Waals surface area contributed by atoms with E-state index in [1.807, 2.05) is 0 Å².